The molecule has 3 aliphatic rings. The molecule has 0 saturated heterocycles. The number of carbonyl (C=O) groups is 2. The molecule has 2 aliphatic heterocycles. The van der Waals surface area contributed by atoms with Gasteiger partial charge in [0.25, 0.3) is 5.91 Å². The molecule has 5 rings (SSSR count). The molecule has 2 heterocycles. The Kier molecular flexibility index (Phi) is 5.47. The van der Waals surface area contributed by atoms with E-state index in [4.69, 9.17) is 9.47 Å². The van der Waals surface area contributed by atoms with Gasteiger partial charge in [-0.25, -0.2) is 0 Å². The number of ketones is 1. The summed E-state index contributed by atoms with van der Waals surface area (Å²) < 4.78 is 11.6. The van der Waals surface area contributed by atoms with Gasteiger partial charge in [0.05, 0.1) is 37.3 Å². The molecule has 32 heavy (non-hydrogen) atoms. The third kappa shape index (κ3) is 3.48. The number of rotatable bonds is 5. The number of ether oxygens (including phenoxy) is 2. The first-order chi connectivity index (χ1) is 15.6. The van der Waals surface area contributed by atoms with Gasteiger partial charge in [0.2, 0.25) is 0 Å². The number of nitrogens with zero attached hydrogens (tertiary/aromatic N) is 1. The second kappa shape index (κ2) is 8.43. The zero-order chi connectivity index (χ0) is 22.2. The smallest absolute Gasteiger partial charge is 0.290 e. The fourth-order valence-electron chi connectivity index (χ4n) is 5.21. The van der Waals surface area contributed by atoms with Gasteiger partial charge in [0, 0.05) is 0 Å². The molecule has 0 bridgehead atoms. The van der Waals surface area contributed by atoms with Gasteiger partial charge in [-0.3, -0.25) is 9.59 Å². The van der Waals surface area contributed by atoms with Crippen molar-refractivity contribution in [1.82, 2.24) is 4.90 Å². The number of aliphatic hydroxyl groups excluding tert-OH is 1. The van der Waals surface area contributed by atoms with E-state index in [2.05, 4.69) is 0 Å². The highest BCUT2D eigenvalue weighted by atomic mass is 16.5. The number of aliphatic hydroxyl groups is 1. The third-order valence-corrected chi connectivity index (χ3v) is 6.82. The van der Waals surface area contributed by atoms with E-state index in [1.165, 1.54) is 0 Å². The summed E-state index contributed by atoms with van der Waals surface area (Å²) in [5.41, 5.74) is 1.91. The van der Waals surface area contributed by atoms with Crippen LogP contribution in [0.1, 0.15) is 49.0 Å². The topological polar surface area (TPSA) is 76.1 Å². The third-order valence-electron chi connectivity index (χ3n) is 6.82. The van der Waals surface area contributed by atoms with Crippen molar-refractivity contribution in [3.8, 4) is 5.75 Å². The molecule has 166 valence electrons. The van der Waals surface area contributed by atoms with E-state index in [1.807, 2.05) is 54.6 Å². The highest BCUT2D eigenvalue weighted by Gasteiger charge is 2.52. The van der Waals surface area contributed by atoms with Crippen molar-refractivity contribution in [1.29, 1.82) is 0 Å². The summed E-state index contributed by atoms with van der Waals surface area (Å²) in [6.45, 7) is 0.0592. The van der Waals surface area contributed by atoms with E-state index >= 15 is 0 Å². The number of methoxy groups -OCH3 is 1. The van der Waals surface area contributed by atoms with Crippen LogP contribution in [0.3, 0.4) is 0 Å². The van der Waals surface area contributed by atoms with Gasteiger partial charge in [0.15, 0.2) is 11.5 Å². The van der Waals surface area contributed by atoms with Crippen LogP contribution in [-0.2, 0) is 14.3 Å². The van der Waals surface area contributed by atoms with Crippen LogP contribution in [0.2, 0.25) is 0 Å². The number of amides is 1. The van der Waals surface area contributed by atoms with E-state index in [0.29, 0.717) is 11.3 Å². The molecule has 1 amide bonds. The maximum absolute atomic E-state index is 13.6. The number of hydrogen-bond donors (Lipinski definition) is 1. The summed E-state index contributed by atoms with van der Waals surface area (Å²) in [7, 11) is 1.59. The van der Waals surface area contributed by atoms with E-state index in [1.54, 1.807) is 12.0 Å². The number of benzene rings is 2. The van der Waals surface area contributed by atoms with Gasteiger partial charge in [-0.1, -0.05) is 48.9 Å². The van der Waals surface area contributed by atoms with Crippen LogP contribution in [0, 0.1) is 5.92 Å². The first-order valence-corrected chi connectivity index (χ1v) is 11.2. The van der Waals surface area contributed by atoms with Crippen molar-refractivity contribution in [3.05, 3.63) is 77.1 Å². The predicted molar refractivity (Wildman–Crippen MR) is 118 cm³/mol. The van der Waals surface area contributed by atoms with Gasteiger partial charge in [-0.15, -0.1) is 0 Å². The normalized spacial score (nSPS) is 25.8. The Labute approximate surface area is 187 Å². The Balaban J connectivity index is 1.56. The lowest BCUT2D eigenvalue weighted by molar-refractivity contribution is -0.136. The average Bonchev–Trinajstić information content (AvgIpc) is 3.11. The van der Waals surface area contributed by atoms with Gasteiger partial charge in [0.1, 0.15) is 11.9 Å². The maximum atomic E-state index is 13.6. The van der Waals surface area contributed by atoms with Crippen molar-refractivity contribution in [3.63, 3.8) is 0 Å². The minimum absolute atomic E-state index is 0.00817. The summed E-state index contributed by atoms with van der Waals surface area (Å²) in [4.78, 5) is 28.7. The van der Waals surface area contributed by atoms with Crippen LogP contribution < -0.4 is 4.74 Å². The van der Waals surface area contributed by atoms with E-state index in [9.17, 15) is 14.7 Å². The summed E-state index contributed by atoms with van der Waals surface area (Å²) in [6.07, 6.45) is 2.45. The predicted octanol–water partition coefficient (Wildman–Crippen LogP) is 3.72. The highest BCUT2D eigenvalue weighted by molar-refractivity contribution is 6.11. The average molecular weight is 434 g/mol. The number of β-amino-alcohol motifs (C(OH)–C–C–N with tert-alkyl or cyclic N) is 1. The van der Waals surface area contributed by atoms with Crippen LogP contribution in [0.5, 0.6) is 5.75 Å². The SMILES string of the molecule is COc1cccc(C2C3=C(OC4CCCCC4C3=O)C(=O)N2CC(O)c2ccccc2)c1. The second-order valence-corrected chi connectivity index (χ2v) is 8.72. The lowest BCUT2D eigenvalue weighted by Gasteiger charge is -2.35. The van der Waals surface area contributed by atoms with Crippen molar-refractivity contribution >= 4 is 11.7 Å². The molecule has 2 aromatic rings. The fourth-order valence-corrected chi connectivity index (χ4v) is 5.21. The van der Waals surface area contributed by atoms with Gasteiger partial charge < -0.3 is 19.5 Å². The van der Waals surface area contributed by atoms with Gasteiger partial charge in [-0.2, -0.15) is 0 Å². The first-order valence-electron chi connectivity index (χ1n) is 11.2. The van der Waals surface area contributed by atoms with Crippen molar-refractivity contribution in [2.24, 2.45) is 5.92 Å². The number of fused-ring (bicyclic) bond motifs is 1. The van der Waals surface area contributed by atoms with Crippen LogP contribution in [0.15, 0.2) is 65.9 Å². The van der Waals surface area contributed by atoms with Crippen molar-refractivity contribution in [2.45, 2.75) is 43.9 Å². The van der Waals surface area contributed by atoms with Crippen LogP contribution >= 0.6 is 0 Å². The Morgan fingerprint density at radius 2 is 1.88 bits per heavy atom. The van der Waals surface area contributed by atoms with E-state index in [0.717, 1.165) is 36.8 Å². The summed E-state index contributed by atoms with van der Waals surface area (Å²) >= 11 is 0. The lowest BCUT2D eigenvalue weighted by Crippen LogP contribution is -2.39. The van der Waals surface area contributed by atoms with E-state index < -0.39 is 12.1 Å². The lowest BCUT2D eigenvalue weighted by atomic mass is 9.77. The molecule has 6 nitrogen and oxygen atoms in total. The minimum atomic E-state index is -0.882. The van der Waals surface area contributed by atoms with Crippen molar-refractivity contribution < 1.29 is 24.2 Å². The molecule has 1 aliphatic carbocycles. The second-order valence-electron chi connectivity index (χ2n) is 8.72. The Morgan fingerprint density at radius 3 is 2.66 bits per heavy atom. The summed E-state index contributed by atoms with van der Waals surface area (Å²) in [6, 6.07) is 16.0. The van der Waals surface area contributed by atoms with E-state index in [-0.39, 0.29) is 36.0 Å². The molecule has 2 aromatic carbocycles. The first kappa shape index (κ1) is 20.8. The molecule has 0 spiro atoms. The number of Topliss-reactive ketones (excluding diaryl/α,β-unsaturated/α-hetero) is 1. The Morgan fingerprint density at radius 1 is 1.09 bits per heavy atom. The fraction of sp³-hybridized carbons (Fsp3) is 0.385. The molecule has 6 heteroatoms. The zero-order valence-electron chi connectivity index (χ0n) is 18.1. The number of carbonyl (C=O) groups excluding carboxylic acids is 2. The van der Waals surface area contributed by atoms with Crippen LogP contribution in [-0.4, -0.2) is 41.5 Å². The molecular weight excluding hydrogens is 406 g/mol. The highest BCUT2D eigenvalue weighted by Crippen LogP contribution is 2.47. The number of hydrogen-bond acceptors (Lipinski definition) is 5. The summed E-state index contributed by atoms with van der Waals surface area (Å²) in [5, 5.41) is 10.9. The van der Waals surface area contributed by atoms with Crippen LogP contribution in [0.4, 0.5) is 0 Å². The van der Waals surface area contributed by atoms with Gasteiger partial charge >= 0.3 is 0 Å². The molecule has 1 N–H and O–H groups in total. The molecule has 1 saturated carbocycles. The Bertz CT molecular complexity index is 1060. The zero-order valence-corrected chi connectivity index (χ0v) is 18.1. The largest absolute Gasteiger partial charge is 0.497 e. The van der Waals surface area contributed by atoms with Crippen molar-refractivity contribution in [2.75, 3.05) is 13.7 Å². The molecule has 4 unspecified atom stereocenters. The summed E-state index contributed by atoms with van der Waals surface area (Å²) in [5.74, 6) is 0.273. The quantitative estimate of drug-likeness (QED) is 0.778. The minimum Gasteiger partial charge on any atom is -0.497 e. The van der Waals surface area contributed by atoms with Gasteiger partial charge in [-0.05, 0) is 42.5 Å². The molecular formula is C26H27NO5. The molecule has 4 atom stereocenters. The van der Waals surface area contributed by atoms with Crippen LogP contribution in [0.25, 0.3) is 0 Å². The molecule has 0 aromatic heterocycles. The maximum Gasteiger partial charge on any atom is 0.290 e. The standard InChI is InChI=1S/C26H27NO5/c1-31-18-11-7-10-17(14-18)23-22-24(29)19-12-5-6-13-21(19)32-25(22)26(30)27(23)15-20(28)16-8-3-2-4-9-16/h2-4,7-11,14,19-21,23,28H,5-6,12-13,15H2,1H3. The molecule has 1 fully saturated rings. The molecule has 0 radical (unpaired) electrons. The Hall–Kier alpha value is -3.12. The monoisotopic (exact) mass is 433 g/mol.